The lowest BCUT2D eigenvalue weighted by Crippen LogP contribution is -2.36. The average molecular weight is 385 g/mol. The highest BCUT2D eigenvalue weighted by Crippen LogP contribution is 2.29. The molecule has 1 aliphatic rings. The molecule has 0 aliphatic carbocycles. The molecule has 0 saturated heterocycles. The molecule has 2 N–H and O–H groups in total. The number of carbonyl (C=O) groups excluding carboxylic acids is 1. The molecule has 1 amide bonds. The lowest BCUT2D eigenvalue weighted by molar-refractivity contribution is 0.0729. The number of H-pyrrole nitrogens is 2. The third-order valence-electron chi connectivity index (χ3n) is 4.78. The van der Waals surface area contributed by atoms with Crippen LogP contribution in [0.1, 0.15) is 21.7 Å². The highest BCUT2D eigenvalue weighted by molar-refractivity contribution is 7.07. The van der Waals surface area contributed by atoms with Crippen LogP contribution in [0.2, 0.25) is 0 Å². The summed E-state index contributed by atoms with van der Waals surface area (Å²) in [7, 11) is 0. The average Bonchev–Trinajstić information content (AvgIpc) is 3.38. The first-order valence-electron chi connectivity index (χ1n) is 8.32. The second-order valence-electron chi connectivity index (χ2n) is 6.41. The summed E-state index contributed by atoms with van der Waals surface area (Å²) in [4.78, 5) is 21.7. The van der Waals surface area contributed by atoms with E-state index in [1.54, 1.807) is 10.4 Å². The van der Waals surface area contributed by atoms with Crippen molar-refractivity contribution in [2.24, 2.45) is 0 Å². The van der Waals surface area contributed by atoms with Gasteiger partial charge in [-0.05, 0) is 12.1 Å². The fraction of sp³-hybridized carbons (Fsp3) is 0.167. The van der Waals surface area contributed by atoms with Crippen molar-refractivity contribution < 1.29 is 13.6 Å². The summed E-state index contributed by atoms with van der Waals surface area (Å²) in [6.45, 7) is 0.878. The summed E-state index contributed by atoms with van der Waals surface area (Å²) in [5.74, 6) is -1.64. The number of amides is 1. The number of aromatic nitrogens is 4. The van der Waals surface area contributed by atoms with Gasteiger partial charge in [-0.1, -0.05) is 0 Å². The zero-order valence-electron chi connectivity index (χ0n) is 13.9. The quantitative estimate of drug-likeness (QED) is 0.554. The van der Waals surface area contributed by atoms with Crippen molar-refractivity contribution in [2.75, 3.05) is 6.54 Å². The van der Waals surface area contributed by atoms with E-state index in [1.807, 2.05) is 5.38 Å². The van der Waals surface area contributed by atoms with Crippen molar-refractivity contribution in [3.8, 4) is 11.4 Å². The van der Waals surface area contributed by atoms with E-state index in [0.717, 1.165) is 28.7 Å². The third-order valence-corrected chi connectivity index (χ3v) is 5.37. The zero-order valence-corrected chi connectivity index (χ0v) is 14.7. The molecule has 1 aliphatic heterocycles. The SMILES string of the molecule is O=C(c1cc2c(F)cc(F)cc2[nH]1)N1CCc2n[nH]c(-c3cscn3)c2C1. The first-order chi connectivity index (χ1) is 13.1. The van der Waals surface area contributed by atoms with E-state index in [1.165, 1.54) is 23.5 Å². The van der Waals surface area contributed by atoms with Crippen molar-refractivity contribution >= 4 is 28.1 Å². The van der Waals surface area contributed by atoms with Gasteiger partial charge < -0.3 is 9.88 Å². The van der Waals surface area contributed by atoms with Crippen LogP contribution in [0.3, 0.4) is 0 Å². The second-order valence-corrected chi connectivity index (χ2v) is 7.12. The summed E-state index contributed by atoms with van der Waals surface area (Å²) in [5.41, 5.74) is 5.71. The molecule has 0 fully saturated rings. The molecule has 4 heterocycles. The molecule has 0 spiro atoms. The molecular formula is C18H13F2N5OS. The smallest absolute Gasteiger partial charge is 0.270 e. The van der Waals surface area contributed by atoms with Crippen molar-refractivity contribution in [3.05, 3.63) is 57.7 Å². The van der Waals surface area contributed by atoms with Crippen molar-refractivity contribution in [3.63, 3.8) is 0 Å². The number of fused-ring (bicyclic) bond motifs is 2. The minimum absolute atomic E-state index is 0.198. The molecule has 0 atom stereocenters. The van der Waals surface area contributed by atoms with Crippen LogP contribution in [0.4, 0.5) is 8.78 Å². The standard InChI is InChI=1S/C18H13F2N5OS/c19-9-3-12(20)10-5-15(22-14(10)4-9)18(26)25-2-1-13-11(6-25)17(24-23-13)16-7-27-8-21-16/h3-5,7-8,22H,1-2,6H2,(H,23,24). The Kier molecular flexibility index (Phi) is 3.57. The molecule has 0 bridgehead atoms. The fourth-order valence-electron chi connectivity index (χ4n) is 3.46. The van der Waals surface area contributed by atoms with Crippen molar-refractivity contribution in [2.45, 2.75) is 13.0 Å². The molecule has 3 aromatic heterocycles. The Balaban J connectivity index is 1.47. The topological polar surface area (TPSA) is 77.7 Å². The van der Waals surface area contributed by atoms with E-state index < -0.39 is 11.6 Å². The minimum Gasteiger partial charge on any atom is -0.350 e. The van der Waals surface area contributed by atoms with Gasteiger partial charge in [0.1, 0.15) is 17.3 Å². The van der Waals surface area contributed by atoms with Crippen LogP contribution in [0.15, 0.2) is 29.1 Å². The van der Waals surface area contributed by atoms with E-state index in [4.69, 9.17) is 0 Å². The van der Waals surface area contributed by atoms with Crippen molar-refractivity contribution in [1.82, 2.24) is 25.1 Å². The van der Waals surface area contributed by atoms with Crippen molar-refractivity contribution in [1.29, 1.82) is 0 Å². The van der Waals surface area contributed by atoms with Gasteiger partial charge in [0.25, 0.3) is 5.91 Å². The van der Waals surface area contributed by atoms with E-state index in [0.29, 0.717) is 19.5 Å². The predicted molar refractivity (Wildman–Crippen MR) is 96.4 cm³/mol. The first-order valence-corrected chi connectivity index (χ1v) is 9.26. The number of hydrogen-bond acceptors (Lipinski definition) is 4. The number of rotatable bonds is 2. The lowest BCUT2D eigenvalue weighted by Gasteiger charge is -2.26. The van der Waals surface area contributed by atoms with Crippen LogP contribution < -0.4 is 0 Å². The molecule has 1 aromatic carbocycles. The van der Waals surface area contributed by atoms with E-state index in [-0.39, 0.29) is 22.5 Å². The monoisotopic (exact) mass is 385 g/mol. The second kappa shape index (κ2) is 5.98. The fourth-order valence-corrected chi connectivity index (χ4v) is 4.00. The van der Waals surface area contributed by atoms with Crippen LogP contribution in [-0.4, -0.2) is 37.5 Å². The number of thiazole rings is 1. The van der Waals surface area contributed by atoms with Gasteiger partial charge >= 0.3 is 0 Å². The molecule has 5 rings (SSSR count). The first kappa shape index (κ1) is 16.1. The molecule has 4 aromatic rings. The van der Waals surface area contributed by atoms with Gasteiger partial charge in [0.15, 0.2) is 0 Å². The number of nitrogens with one attached hydrogen (secondary N) is 2. The Labute approximate surface area is 155 Å². The number of benzene rings is 1. The highest BCUT2D eigenvalue weighted by atomic mass is 32.1. The number of halogens is 2. The maximum atomic E-state index is 13.9. The highest BCUT2D eigenvalue weighted by Gasteiger charge is 2.28. The predicted octanol–water partition coefficient (Wildman–Crippen LogP) is 3.49. The Hall–Kier alpha value is -3.07. The molecule has 0 radical (unpaired) electrons. The maximum Gasteiger partial charge on any atom is 0.270 e. The van der Waals surface area contributed by atoms with Crippen LogP contribution in [-0.2, 0) is 13.0 Å². The summed E-state index contributed by atoms with van der Waals surface area (Å²) in [5, 5.41) is 9.47. The molecule has 27 heavy (non-hydrogen) atoms. The lowest BCUT2D eigenvalue weighted by atomic mass is 10.0. The van der Waals surface area contributed by atoms with Gasteiger partial charge in [0.2, 0.25) is 0 Å². The summed E-state index contributed by atoms with van der Waals surface area (Å²) >= 11 is 1.49. The largest absolute Gasteiger partial charge is 0.350 e. The Bertz CT molecular complexity index is 1160. The number of aromatic amines is 2. The van der Waals surface area contributed by atoms with Gasteiger partial charge in [0, 0.05) is 35.4 Å². The number of nitrogens with zero attached hydrogens (tertiary/aromatic N) is 3. The van der Waals surface area contributed by atoms with Crippen LogP contribution in [0.25, 0.3) is 22.3 Å². The summed E-state index contributed by atoms with van der Waals surface area (Å²) in [6, 6.07) is 3.42. The van der Waals surface area contributed by atoms with Gasteiger partial charge in [0.05, 0.1) is 34.7 Å². The Morgan fingerprint density at radius 3 is 2.96 bits per heavy atom. The van der Waals surface area contributed by atoms with Gasteiger partial charge in [-0.3, -0.25) is 9.89 Å². The van der Waals surface area contributed by atoms with Crippen LogP contribution in [0, 0.1) is 11.6 Å². The third kappa shape index (κ3) is 2.62. The zero-order chi connectivity index (χ0) is 18.5. The van der Waals surface area contributed by atoms with Gasteiger partial charge in [-0.15, -0.1) is 11.3 Å². The van der Waals surface area contributed by atoms with Crippen LogP contribution >= 0.6 is 11.3 Å². The van der Waals surface area contributed by atoms with Gasteiger partial charge in [-0.25, -0.2) is 13.8 Å². The molecular weight excluding hydrogens is 372 g/mol. The van der Waals surface area contributed by atoms with E-state index in [2.05, 4.69) is 20.2 Å². The van der Waals surface area contributed by atoms with Crippen LogP contribution in [0.5, 0.6) is 0 Å². The molecule has 6 nitrogen and oxygen atoms in total. The van der Waals surface area contributed by atoms with E-state index in [9.17, 15) is 13.6 Å². The molecule has 0 saturated carbocycles. The van der Waals surface area contributed by atoms with E-state index >= 15 is 0 Å². The molecule has 136 valence electrons. The maximum absolute atomic E-state index is 13.9. The molecule has 0 unspecified atom stereocenters. The summed E-state index contributed by atoms with van der Waals surface area (Å²) < 4.78 is 27.3. The normalized spacial score (nSPS) is 13.9. The molecule has 9 heteroatoms. The number of carbonyl (C=O) groups is 1. The minimum atomic E-state index is -0.693. The Morgan fingerprint density at radius 1 is 1.26 bits per heavy atom. The van der Waals surface area contributed by atoms with Gasteiger partial charge in [-0.2, -0.15) is 5.10 Å². The number of hydrogen-bond donors (Lipinski definition) is 2. The summed E-state index contributed by atoms with van der Waals surface area (Å²) in [6.07, 6.45) is 0.616. The Morgan fingerprint density at radius 2 is 2.15 bits per heavy atom.